The van der Waals surface area contributed by atoms with Gasteiger partial charge in [0.1, 0.15) is 0 Å². The van der Waals surface area contributed by atoms with E-state index >= 15 is 0 Å². The Bertz CT molecular complexity index is 792. The molecule has 2 N–H and O–H groups in total. The van der Waals surface area contributed by atoms with Gasteiger partial charge in [-0.2, -0.15) is 0 Å². The second-order valence-corrected chi connectivity index (χ2v) is 6.05. The molecule has 132 valence electrons. The molecule has 0 radical (unpaired) electrons. The maximum Gasteiger partial charge on any atom is 0.0921 e. The minimum Gasteiger partial charge on any atom is -0.387 e. The van der Waals surface area contributed by atoms with Crippen molar-refractivity contribution in [2.75, 3.05) is 13.1 Å². The fraction of sp³-hybridized carbons (Fsp3) is 0.286. The zero-order valence-electron chi connectivity index (χ0n) is 14.5. The number of hydrogen-bond acceptors (Lipinski definition) is 3. The van der Waals surface area contributed by atoms with Gasteiger partial charge in [-0.1, -0.05) is 61.9 Å². The third-order valence-electron chi connectivity index (χ3n) is 4.22. The Kier molecular flexibility index (Phi) is 7.38. The number of benzene rings is 2. The largest absolute Gasteiger partial charge is 0.387 e. The maximum absolute atomic E-state index is 10.7. The van der Waals surface area contributed by atoms with Gasteiger partial charge in [-0.15, -0.1) is 12.4 Å². The zero-order valence-corrected chi connectivity index (χ0v) is 15.3. The zero-order chi connectivity index (χ0) is 16.8. The van der Waals surface area contributed by atoms with Gasteiger partial charge in [0.25, 0.3) is 0 Å². The number of aliphatic hydroxyl groups excluding tert-OH is 1. The smallest absolute Gasteiger partial charge is 0.0921 e. The third kappa shape index (κ3) is 4.79. The average Bonchev–Trinajstić information content (AvgIpc) is 2.65. The SMILES string of the molecule is CCCCNCC(O)c1cc(-c2ccccc2)nc2ccccc12.Cl. The highest BCUT2D eigenvalue weighted by molar-refractivity contribution is 5.86. The summed E-state index contributed by atoms with van der Waals surface area (Å²) in [6, 6.07) is 20.1. The molecule has 0 saturated heterocycles. The minimum atomic E-state index is -0.544. The van der Waals surface area contributed by atoms with Crippen LogP contribution in [0, 0.1) is 0 Å². The van der Waals surface area contributed by atoms with Crippen LogP contribution in [0.5, 0.6) is 0 Å². The normalized spacial score (nSPS) is 11.9. The molecule has 0 bridgehead atoms. The molecule has 1 unspecified atom stereocenters. The van der Waals surface area contributed by atoms with Crippen LogP contribution in [0.4, 0.5) is 0 Å². The first-order chi connectivity index (χ1) is 11.8. The molecule has 1 aromatic heterocycles. The first kappa shape index (κ1) is 19.4. The van der Waals surface area contributed by atoms with Gasteiger partial charge in [0.05, 0.1) is 17.3 Å². The summed E-state index contributed by atoms with van der Waals surface area (Å²) >= 11 is 0. The lowest BCUT2D eigenvalue weighted by molar-refractivity contribution is 0.176. The van der Waals surface area contributed by atoms with Crippen LogP contribution in [-0.2, 0) is 0 Å². The Hall–Kier alpha value is -1.94. The number of pyridine rings is 1. The molecular formula is C21H25ClN2O. The lowest BCUT2D eigenvalue weighted by atomic mass is 10.00. The van der Waals surface area contributed by atoms with E-state index in [1.54, 1.807) is 0 Å². The second-order valence-electron chi connectivity index (χ2n) is 6.05. The topological polar surface area (TPSA) is 45.1 Å². The molecule has 0 spiro atoms. The number of unbranched alkanes of at least 4 members (excludes halogenated alkanes) is 1. The molecule has 0 aliphatic rings. The van der Waals surface area contributed by atoms with Gasteiger partial charge in [-0.25, -0.2) is 4.98 Å². The first-order valence-electron chi connectivity index (χ1n) is 8.63. The van der Waals surface area contributed by atoms with Crippen molar-refractivity contribution in [1.29, 1.82) is 0 Å². The Morgan fingerprint density at radius 1 is 1.04 bits per heavy atom. The Labute approximate surface area is 155 Å². The highest BCUT2D eigenvalue weighted by Crippen LogP contribution is 2.28. The van der Waals surface area contributed by atoms with Crippen molar-refractivity contribution in [3.63, 3.8) is 0 Å². The van der Waals surface area contributed by atoms with Gasteiger partial charge < -0.3 is 10.4 Å². The van der Waals surface area contributed by atoms with E-state index in [4.69, 9.17) is 4.98 Å². The minimum absolute atomic E-state index is 0. The molecule has 1 heterocycles. The van der Waals surface area contributed by atoms with Crippen LogP contribution in [-0.4, -0.2) is 23.2 Å². The lowest BCUT2D eigenvalue weighted by Gasteiger charge is -2.16. The molecule has 3 aromatic rings. The van der Waals surface area contributed by atoms with E-state index in [1.165, 1.54) is 0 Å². The van der Waals surface area contributed by atoms with Crippen molar-refractivity contribution >= 4 is 23.3 Å². The molecule has 4 heteroatoms. The van der Waals surface area contributed by atoms with Crippen molar-refractivity contribution < 1.29 is 5.11 Å². The summed E-state index contributed by atoms with van der Waals surface area (Å²) in [5.74, 6) is 0. The van der Waals surface area contributed by atoms with Crippen LogP contribution >= 0.6 is 12.4 Å². The molecule has 0 saturated carbocycles. The number of hydrogen-bond donors (Lipinski definition) is 2. The summed E-state index contributed by atoms with van der Waals surface area (Å²) < 4.78 is 0. The number of aromatic nitrogens is 1. The van der Waals surface area contributed by atoms with E-state index in [9.17, 15) is 5.11 Å². The number of para-hydroxylation sites is 1. The molecule has 3 rings (SSSR count). The van der Waals surface area contributed by atoms with Gasteiger partial charge in [0.2, 0.25) is 0 Å². The van der Waals surface area contributed by atoms with Crippen LogP contribution in [0.15, 0.2) is 60.7 Å². The Morgan fingerprint density at radius 3 is 2.52 bits per heavy atom. The van der Waals surface area contributed by atoms with Crippen molar-refractivity contribution in [2.45, 2.75) is 25.9 Å². The van der Waals surface area contributed by atoms with Crippen molar-refractivity contribution in [2.24, 2.45) is 0 Å². The second kappa shape index (κ2) is 9.52. The molecular weight excluding hydrogens is 332 g/mol. The number of rotatable bonds is 7. The summed E-state index contributed by atoms with van der Waals surface area (Å²) in [6.45, 7) is 3.66. The molecule has 1 atom stereocenters. The third-order valence-corrected chi connectivity index (χ3v) is 4.22. The molecule has 2 aromatic carbocycles. The molecule has 0 fully saturated rings. The molecule has 0 aliphatic heterocycles. The quantitative estimate of drug-likeness (QED) is 0.600. The highest BCUT2D eigenvalue weighted by atomic mass is 35.5. The van der Waals surface area contributed by atoms with Gasteiger partial charge >= 0.3 is 0 Å². The molecule has 0 amide bonds. The molecule has 3 nitrogen and oxygen atoms in total. The predicted octanol–water partition coefficient (Wildman–Crippen LogP) is 4.75. The monoisotopic (exact) mass is 356 g/mol. The van der Waals surface area contributed by atoms with Gasteiger partial charge in [-0.3, -0.25) is 0 Å². The summed E-state index contributed by atoms with van der Waals surface area (Å²) in [7, 11) is 0. The van der Waals surface area contributed by atoms with E-state index < -0.39 is 6.10 Å². The van der Waals surface area contributed by atoms with E-state index in [1.807, 2.05) is 60.7 Å². The summed E-state index contributed by atoms with van der Waals surface area (Å²) in [5.41, 5.74) is 3.82. The lowest BCUT2D eigenvalue weighted by Crippen LogP contribution is -2.22. The summed E-state index contributed by atoms with van der Waals surface area (Å²) in [6.07, 6.45) is 1.73. The highest BCUT2D eigenvalue weighted by Gasteiger charge is 2.14. The van der Waals surface area contributed by atoms with Gasteiger partial charge in [0, 0.05) is 17.5 Å². The average molecular weight is 357 g/mol. The van der Waals surface area contributed by atoms with Crippen LogP contribution in [0.1, 0.15) is 31.4 Å². The van der Waals surface area contributed by atoms with Crippen molar-refractivity contribution in [3.8, 4) is 11.3 Å². The summed E-state index contributed by atoms with van der Waals surface area (Å²) in [4.78, 5) is 4.77. The number of aliphatic hydroxyl groups is 1. The Balaban J connectivity index is 0.00000225. The van der Waals surface area contributed by atoms with E-state index in [-0.39, 0.29) is 12.4 Å². The van der Waals surface area contributed by atoms with E-state index in [0.717, 1.165) is 47.1 Å². The number of nitrogens with one attached hydrogen (secondary N) is 1. The molecule has 0 aliphatic carbocycles. The predicted molar refractivity (Wildman–Crippen MR) is 107 cm³/mol. The first-order valence-corrected chi connectivity index (χ1v) is 8.63. The standard InChI is InChI=1S/C21H24N2O.ClH/c1-2-3-13-22-15-21(24)18-14-20(16-9-5-4-6-10-16)23-19-12-8-7-11-17(18)19;/h4-12,14,21-22,24H,2-3,13,15H2,1H3;1H. The number of halogens is 1. The Morgan fingerprint density at radius 2 is 1.76 bits per heavy atom. The van der Waals surface area contributed by atoms with Crippen molar-refractivity contribution in [3.05, 3.63) is 66.2 Å². The van der Waals surface area contributed by atoms with Crippen LogP contribution in [0.2, 0.25) is 0 Å². The number of nitrogens with zero attached hydrogens (tertiary/aromatic N) is 1. The summed E-state index contributed by atoms with van der Waals surface area (Å²) in [5, 5.41) is 15.1. The molecule has 25 heavy (non-hydrogen) atoms. The van der Waals surface area contributed by atoms with Crippen LogP contribution in [0.3, 0.4) is 0 Å². The fourth-order valence-corrected chi connectivity index (χ4v) is 2.89. The van der Waals surface area contributed by atoms with Crippen molar-refractivity contribution in [1.82, 2.24) is 10.3 Å². The van der Waals surface area contributed by atoms with Crippen LogP contribution in [0.25, 0.3) is 22.2 Å². The fourth-order valence-electron chi connectivity index (χ4n) is 2.89. The van der Waals surface area contributed by atoms with Crippen LogP contribution < -0.4 is 5.32 Å². The van der Waals surface area contributed by atoms with Gasteiger partial charge in [0.15, 0.2) is 0 Å². The van der Waals surface area contributed by atoms with E-state index in [0.29, 0.717) is 6.54 Å². The van der Waals surface area contributed by atoms with Gasteiger partial charge in [-0.05, 0) is 30.7 Å². The van der Waals surface area contributed by atoms with E-state index in [2.05, 4.69) is 12.2 Å². The number of fused-ring (bicyclic) bond motifs is 1. The maximum atomic E-state index is 10.7.